The Hall–Kier alpha value is -3.83. The maximum Gasteiger partial charge on any atom is 0.150 e. The fourth-order valence-corrected chi connectivity index (χ4v) is 2.19. The number of para-hydroxylation sites is 2. The summed E-state index contributed by atoms with van der Waals surface area (Å²) in [5.41, 5.74) is 2.26. The second-order valence-electron chi connectivity index (χ2n) is 4.99. The number of hydrogen-bond acceptors (Lipinski definition) is 5. The molecule has 3 rings (SSSR count). The molecule has 0 bridgehead atoms. The molecule has 0 aliphatic rings. The van der Waals surface area contributed by atoms with Crippen LogP contribution in [0.2, 0.25) is 0 Å². The van der Waals surface area contributed by atoms with Crippen LogP contribution in [-0.4, -0.2) is 4.98 Å². The van der Waals surface area contributed by atoms with E-state index in [4.69, 9.17) is 0 Å². The van der Waals surface area contributed by atoms with E-state index in [9.17, 15) is 10.5 Å². The number of nitrogens with one attached hydrogen (secondary N) is 2. The molecule has 5 nitrogen and oxygen atoms in total. The Morgan fingerprint density at radius 2 is 1.08 bits per heavy atom. The van der Waals surface area contributed by atoms with E-state index in [1.807, 2.05) is 60.7 Å². The predicted octanol–water partition coefficient (Wildman–Crippen LogP) is 4.31. The van der Waals surface area contributed by atoms with Crippen molar-refractivity contribution in [2.45, 2.75) is 0 Å². The third-order valence-corrected chi connectivity index (χ3v) is 3.34. The van der Waals surface area contributed by atoms with Crippen molar-refractivity contribution in [1.82, 2.24) is 4.98 Å². The largest absolute Gasteiger partial charge is 0.339 e. The highest BCUT2D eigenvalue weighted by Crippen LogP contribution is 2.25. The lowest BCUT2D eigenvalue weighted by atomic mass is 10.1. The summed E-state index contributed by atoms with van der Waals surface area (Å²) in [6.45, 7) is 0. The Bertz CT molecular complexity index is 847. The minimum atomic E-state index is 0.314. The molecule has 3 aromatic rings. The second kappa shape index (κ2) is 6.95. The van der Waals surface area contributed by atoms with Crippen molar-refractivity contribution >= 4 is 23.0 Å². The van der Waals surface area contributed by atoms with Crippen LogP contribution in [0.15, 0.2) is 66.7 Å². The zero-order chi connectivity index (χ0) is 16.8. The Morgan fingerprint density at radius 1 is 0.667 bits per heavy atom. The van der Waals surface area contributed by atoms with Gasteiger partial charge >= 0.3 is 0 Å². The van der Waals surface area contributed by atoms with E-state index in [-0.39, 0.29) is 0 Å². The van der Waals surface area contributed by atoms with Gasteiger partial charge < -0.3 is 10.6 Å². The molecular formula is C19H13N5. The summed E-state index contributed by atoms with van der Waals surface area (Å²) >= 11 is 0. The Labute approximate surface area is 139 Å². The van der Waals surface area contributed by atoms with Crippen LogP contribution in [0.5, 0.6) is 0 Å². The lowest BCUT2D eigenvalue weighted by Gasteiger charge is -2.12. The number of anilines is 4. The smallest absolute Gasteiger partial charge is 0.150 e. The van der Waals surface area contributed by atoms with E-state index in [2.05, 4.69) is 27.8 Å². The maximum atomic E-state index is 9.34. The zero-order valence-electron chi connectivity index (χ0n) is 12.7. The Morgan fingerprint density at radius 3 is 1.46 bits per heavy atom. The molecule has 0 radical (unpaired) electrons. The van der Waals surface area contributed by atoms with Crippen LogP contribution in [-0.2, 0) is 0 Å². The zero-order valence-corrected chi connectivity index (χ0v) is 12.7. The molecule has 1 aromatic heterocycles. The van der Waals surface area contributed by atoms with E-state index in [1.54, 1.807) is 0 Å². The number of nitrogens with zero attached hydrogens (tertiary/aromatic N) is 3. The van der Waals surface area contributed by atoms with Crippen LogP contribution in [0.4, 0.5) is 23.0 Å². The molecule has 114 valence electrons. The highest BCUT2D eigenvalue weighted by Gasteiger charge is 2.12. The summed E-state index contributed by atoms with van der Waals surface area (Å²) in [7, 11) is 0. The van der Waals surface area contributed by atoms with Crippen LogP contribution in [0.3, 0.4) is 0 Å². The number of pyridine rings is 1. The topological polar surface area (TPSA) is 84.5 Å². The van der Waals surface area contributed by atoms with Crippen molar-refractivity contribution in [1.29, 1.82) is 10.5 Å². The minimum Gasteiger partial charge on any atom is -0.339 e. The van der Waals surface area contributed by atoms with Crippen molar-refractivity contribution < 1.29 is 0 Å². The van der Waals surface area contributed by atoms with Gasteiger partial charge in [-0.1, -0.05) is 36.4 Å². The summed E-state index contributed by atoms with van der Waals surface area (Å²) in [6, 6.07) is 24.6. The Kier molecular flexibility index (Phi) is 4.37. The van der Waals surface area contributed by atoms with Gasteiger partial charge in [0.25, 0.3) is 0 Å². The molecule has 5 heteroatoms. The van der Waals surface area contributed by atoms with Crippen molar-refractivity contribution in [3.8, 4) is 12.1 Å². The molecule has 2 N–H and O–H groups in total. The first-order valence-corrected chi connectivity index (χ1v) is 7.29. The lowest BCUT2D eigenvalue weighted by molar-refractivity contribution is 1.26. The van der Waals surface area contributed by atoms with Gasteiger partial charge in [-0.05, 0) is 30.3 Å². The molecule has 1 heterocycles. The number of aromatic nitrogens is 1. The molecule has 0 amide bonds. The van der Waals surface area contributed by atoms with Gasteiger partial charge in [0, 0.05) is 11.4 Å². The molecular weight excluding hydrogens is 298 g/mol. The fourth-order valence-electron chi connectivity index (χ4n) is 2.19. The third-order valence-electron chi connectivity index (χ3n) is 3.34. The average Bonchev–Trinajstić information content (AvgIpc) is 2.64. The maximum absolute atomic E-state index is 9.34. The van der Waals surface area contributed by atoms with Crippen molar-refractivity contribution in [3.63, 3.8) is 0 Å². The van der Waals surface area contributed by atoms with Gasteiger partial charge in [0.1, 0.15) is 12.1 Å². The monoisotopic (exact) mass is 311 g/mol. The highest BCUT2D eigenvalue weighted by atomic mass is 15.1. The second-order valence-corrected chi connectivity index (χ2v) is 4.99. The molecule has 0 unspecified atom stereocenters. The Balaban J connectivity index is 2.01. The summed E-state index contributed by atoms with van der Waals surface area (Å²) in [5.74, 6) is 0.808. The van der Waals surface area contributed by atoms with Gasteiger partial charge in [-0.15, -0.1) is 0 Å². The molecule has 0 fully saturated rings. The van der Waals surface area contributed by atoms with Gasteiger partial charge in [0.15, 0.2) is 11.6 Å². The first-order chi connectivity index (χ1) is 11.8. The average molecular weight is 311 g/mol. The first-order valence-electron chi connectivity index (χ1n) is 7.29. The summed E-state index contributed by atoms with van der Waals surface area (Å²) in [6.07, 6.45) is 0. The van der Waals surface area contributed by atoms with Crippen LogP contribution in [0, 0.1) is 22.7 Å². The predicted molar refractivity (Wildman–Crippen MR) is 93.1 cm³/mol. The van der Waals surface area contributed by atoms with Gasteiger partial charge in [-0.2, -0.15) is 10.5 Å². The number of nitriles is 2. The normalized spacial score (nSPS) is 9.58. The molecule has 0 aliphatic carbocycles. The fraction of sp³-hybridized carbons (Fsp3) is 0. The summed E-state index contributed by atoms with van der Waals surface area (Å²) < 4.78 is 0. The van der Waals surface area contributed by atoms with Gasteiger partial charge in [-0.25, -0.2) is 4.98 Å². The van der Waals surface area contributed by atoms with E-state index >= 15 is 0 Å². The van der Waals surface area contributed by atoms with E-state index in [1.165, 1.54) is 6.07 Å². The summed E-state index contributed by atoms with van der Waals surface area (Å²) in [5, 5.41) is 24.9. The van der Waals surface area contributed by atoms with Gasteiger partial charge in [-0.3, -0.25) is 0 Å². The molecule has 0 aliphatic heterocycles. The van der Waals surface area contributed by atoms with Crippen LogP contribution in [0.25, 0.3) is 0 Å². The summed E-state index contributed by atoms with van der Waals surface area (Å²) in [4.78, 5) is 4.44. The van der Waals surface area contributed by atoms with Crippen LogP contribution < -0.4 is 10.6 Å². The minimum absolute atomic E-state index is 0.314. The number of hydrogen-bond donors (Lipinski definition) is 2. The molecule has 24 heavy (non-hydrogen) atoms. The van der Waals surface area contributed by atoms with Crippen molar-refractivity contribution in [2.24, 2.45) is 0 Å². The molecule has 0 saturated heterocycles. The van der Waals surface area contributed by atoms with Gasteiger partial charge in [0.05, 0.1) is 11.1 Å². The van der Waals surface area contributed by atoms with E-state index in [0.717, 1.165) is 11.4 Å². The van der Waals surface area contributed by atoms with Crippen molar-refractivity contribution in [3.05, 3.63) is 77.9 Å². The molecule has 0 saturated carbocycles. The molecule has 0 atom stereocenters. The number of rotatable bonds is 4. The SMILES string of the molecule is N#Cc1cc(C#N)c(Nc2ccccc2)nc1Nc1ccccc1. The standard InChI is InChI=1S/C19H13N5/c20-12-14-11-15(13-21)19(23-17-9-5-2-6-10-17)24-18(14)22-16-7-3-1-4-8-16/h1-11H,(H2,22,23,24). The van der Waals surface area contributed by atoms with Crippen LogP contribution in [0.1, 0.15) is 11.1 Å². The molecule has 2 aromatic carbocycles. The first kappa shape index (κ1) is 15.1. The molecule has 0 spiro atoms. The van der Waals surface area contributed by atoms with E-state index < -0.39 is 0 Å². The van der Waals surface area contributed by atoms with Crippen molar-refractivity contribution in [2.75, 3.05) is 10.6 Å². The third kappa shape index (κ3) is 3.32. The van der Waals surface area contributed by atoms with E-state index in [0.29, 0.717) is 22.8 Å². The van der Waals surface area contributed by atoms with Crippen LogP contribution >= 0.6 is 0 Å². The number of benzene rings is 2. The van der Waals surface area contributed by atoms with Gasteiger partial charge in [0.2, 0.25) is 0 Å². The lowest BCUT2D eigenvalue weighted by Crippen LogP contribution is -2.03. The quantitative estimate of drug-likeness (QED) is 0.750. The highest BCUT2D eigenvalue weighted by molar-refractivity contribution is 5.71.